The van der Waals surface area contributed by atoms with Crippen molar-refractivity contribution in [3.8, 4) is 0 Å². The first-order chi connectivity index (χ1) is 10.6. The van der Waals surface area contributed by atoms with Crippen LogP contribution in [0.25, 0.3) is 0 Å². The molecule has 3 aliphatic carbocycles. The maximum absolute atomic E-state index is 12.0. The molecule has 0 aromatic rings. The summed E-state index contributed by atoms with van der Waals surface area (Å²) in [6.07, 6.45) is 11.3. The molecule has 0 aromatic heterocycles. The van der Waals surface area contributed by atoms with Gasteiger partial charge in [-0.1, -0.05) is 12.2 Å². The molecule has 0 heterocycles. The second kappa shape index (κ2) is 6.82. The Balaban J connectivity index is 1.38. The first kappa shape index (κ1) is 15.5. The van der Waals surface area contributed by atoms with Crippen LogP contribution in [0.15, 0.2) is 12.2 Å². The van der Waals surface area contributed by atoms with Crippen molar-refractivity contribution in [1.82, 2.24) is 10.2 Å². The minimum atomic E-state index is -0.749. The number of allylic oxidation sites excluding steroid dienone is 2. The fourth-order valence-corrected chi connectivity index (χ4v) is 3.54. The normalized spacial score (nSPS) is 30.3. The fraction of sp³-hybridized carbons (Fsp3) is 0.765. The van der Waals surface area contributed by atoms with E-state index >= 15 is 0 Å². The van der Waals surface area contributed by atoms with Crippen molar-refractivity contribution in [3.63, 3.8) is 0 Å². The Morgan fingerprint density at radius 1 is 1.23 bits per heavy atom. The van der Waals surface area contributed by atoms with E-state index in [0.717, 1.165) is 32.2 Å². The molecule has 2 N–H and O–H groups in total. The maximum Gasteiger partial charge on any atom is 0.317 e. The third-order valence-corrected chi connectivity index (χ3v) is 5.08. The molecule has 5 heteroatoms. The molecule has 0 aliphatic heterocycles. The van der Waals surface area contributed by atoms with Crippen LogP contribution in [0.1, 0.15) is 44.9 Å². The highest BCUT2D eigenvalue weighted by Crippen LogP contribution is 2.33. The van der Waals surface area contributed by atoms with Gasteiger partial charge in [-0.2, -0.15) is 0 Å². The lowest BCUT2D eigenvalue weighted by Gasteiger charge is -2.42. The first-order valence-corrected chi connectivity index (χ1v) is 8.52. The van der Waals surface area contributed by atoms with Crippen LogP contribution >= 0.6 is 0 Å². The Morgan fingerprint density at radius 3 is 2.59 bits per heavy atom. The highest BCUT2D eigenvalue weighted by Gasteiger charge is 2.37. The summed E-state index contributed by atoms with van der Waals surface area (Å²) < 4.78 is 0. The highest BCUT2D eigenvalue weighted by atomic mass is 16.4. The summed E-state index contributed by atoms with van der Waals surface area (Å²) in [6.45, 7) is 1.04. The monoisotopic (exact) mass is 306 g/mol. The molecule has 0 radical (unpaired) electrons. The molecule has 0 bridgehead atoms. The van der Waals surface area contributed by atoms with Gasteiger partial charge in [0, 0.05) is 25.0 Å². The molecule has 5 nitrogen and oxygen atoms in total. The van der Waals surface area contributed by atoms with Gasteiger partial charge < -0.3 is 10.4 Å². The number of nitrogens with one attached hydrogen (secondary N) is 1. The molecule has 122 valence electrons. The van der Waals surface area contributed by atoms with Crippen molar-refractivity contribution in [3.05, 3.63) is 12.2 Å². The number of carbonyl (C=O) groups excluding carboxylic acids is 1. The molecule has 1 amide bonds. The average Bonchev–Trinajstić information content (AvgIpc) is 3.07. The van der Waals surface area contributed by atoms with Gasteiger partial charge in [0.15, 0.2) is 0 Å². The summed E-state index contributed by atoms with van der Waals surface area (Å²) in [4.78, 5) is 25.1. The Kier molecular flexibility index (Phi) is 4.81. The summed E-state index contributed by atoms with van der Waals surface area (Å²) in [6, 6.07) is 0.562. The van der Waals surface area contributed by atoms with E-state index in [1.165, 1.54) is 12.8 Å². The van der Waals surface area contributed by atoms with E-state index in [0.29, 0.717) is 24.3 Å². The SMILES string of the molecule is O=C(O)CN(CC1CC1)C1CC(NC(=O)CC2C=CCC2)C1. The van der Waals surface area contributed by atoms with Crippen LogP contribution in [0.3, 0.4) is 0 Å². The predicted molar refractivity (Wildman–Crippen MR) is 83.4 cm³/mol. The first-order valence-electron chi connectivity index (χ1n) is 8.52. The largest absolute Gasteiger partial charge is 0.480 e. The van der Waals surface area contributed by atoms with Crippen LogP contribution in [0.2, 0.25) is 0 Å². The van der Waals surface area contributed by atoms with Crippen molar-refractivity contribution in [2.24, 2.45) is 11.8 Å². The number of carbonyl (C=O) groups is 2. The summed E-state index contributed by atoms with van der Waals surface area (Å²) in [5.41, 5.74) is 0. The standard InChI is InChI=1S/C17H26N2O3/c20-16(7-12-3-1-2-4-12)18-14-8-15(9-14)19(11-17(21)22)10-13-5-6-13/h1,3,12-15H,2,4-11H2,(H,18,20)(H,21,22). The molecule has 2 fully saturated rings. The molecule has 22 heavy (non-hydrogen) atoms. The van der Waals surface area contributed by atoms with Crippen LogP contribution in [0.5, 0.6) is 0 Å². The topological polar surface area (TPSA) is 69.6 Å². The summed E-state index contributed by atoms with van der Waals surface area (Å²) >= 11 is 0. The van der Waals surface area contributed by atoms with Crippen molar-refractivity contribution < 1.29 is 14.7 Å². The van der Waals surface area contributed by atoms with Gasteiger partial charge >= 0.3 is 5.97 Å². The van der Waals surface area contributed by atoms with Crippen LogP contribution in [-0.4, -0.2) is 47.1 Å². The lowest BCUT2D eigenvalue weighted by Crippen LogP contribution is -2.55. The van der Waals surface area contributed by atoms with E-state index in [1.54, 1.807) is 0 Å². The lowest BCUT2D eigenvalue weighted by atomic mass is 9.85. The molecular formula is C17H26N2O3. The molecule has 1 unspecified atom stereocenters. The van der Waals surface area contributed by atoms with Crippen LogP contribution in [0, 0.1) is 11.8 Å². The maximum atomic E-state index is 12.0. The molecule has 0 saturated heterocycles. The molecule has 2 saturated carbocycles. The van der Waals surface area contributed by atoms with Crippen molar-refractivity contribution in [2.75, 3.05) is 13.1 Å². The van der Waals surface area contributed by atoms with Gasteiger partial charge in [0.2, 0.25) is 5.91 Å². The van der Waals surface area contributed by atoms with Crippen LogP contribution in [0.4, 0.5) is 0 Å². The lowest BCUT2D eigenvalue weighted by molar-refractivity contribution is -0.140. The number of hydrogen-bond acceptors (Lipinski definition) is 3. The molecule has 3 rings (SSSR count). The van der Waals surface area contributed by atoms with Gasteiger partial charge in [-0.25, -0.2) is 0 Å². The van der Waals surface area contributed by atoms with Crippen molar-refractivity contribution >= 4 is 11.9 Å². The minimum absolute atomic E-state index is 0.134. The van der Waals surface area contributed by atoms with Gasteiger partial charge in [0.1, 0.15) is 0 Å². The number of carboxylic acids is 1. The van der Waals surface area contributed by atoms with E-state index in [2.05, 4.69) is 22.4 Å². The second-order valence-electron chi connectivity index (χ2n) is 7.13. The molecular weight excluding hydrogens is 280 g/mol. The van der Waals surface area contributed by atoms with Crippen LogP contribution in [-0.2, 0) is 9.59 Å². The smallest absolute Gasteiger partial charge is 0.317 e. The summed E-state index contributed by atoms with van der Waals surface area (Å²) in [5.74, 6) is 0.504. The van der Waals surface area contributed by atoms with Gasteiger partial charge in [-0.3, -0.25) is 14.5 Å². The average molecular weight is 306 g/mol. The van der Waals surface area contributed by atoms with E-state index in [1.807, 2.05) is 0 Å². The summed E-state index contributed by atoms with van der Waals surface area (Å²) in [7, 11) is 0. The van der Waals surface area contributed by atoms with E-state index in [-0.39, 0.29) is 18.5 Å². The number of hydrogen-bond donors (Lipinski definition) is 2. The number of nitrogens with zero attached hydrogens (tertiary/aromatic N) is 1. The third kappa shape index (κ3) is 4.32. The number of aliphatic carboxylic acids is 1. The molecule has 1 atom stereocenters. The fourth-order valence-electron chi connectivity index (χ4n) is 3.54. The van der Waals surface area contributed by atoms with Crippen molar-refractivity contribution in [2.45, 2.75) is 57.0 Å². The van der Waals surface area contributed by atoms with Gasteiger partial charge in [0.05, 0.1) is 6.54 Å². The number of rotatable bonds is 8. The molecule has 3 aliphatic rings. The van der Waals surface area contributed by atoms with E-state index < -0.39 is 5.97 Å². The van der Waals surface area contributed by atoms with Gasteiger partial charge in [0.25, 0.3) is 0 Å². The minimum Gasteiger partial charge on any atom is -0.480 e. The highest BCUT2D eigenvalue weighted by molar-refractivity contribution is 5.77. The van der Waals surface area contributed by atoms with Crippen LogP contribution < -0.4 is 5.32 Å². The zero-order valence-electron chi connectivity index (χ0n) is 13.0. The quantitative estimate of drug-likeness (QED) is 0.671. The Hall–Kier alpha value is -1.36. The Labute approximate surface area is 131 Å². The zero-order chi connectivity index (χ0) is 15.5. The third-order valence-electron chi connectivity index (χ3n) is 5.08. The second-order valence-corrected chi connectivity index (χ2v) is 7.13. The molecule has 0 aromatic carbocycles. The molecule has 0 spiro atoms. The number of amides is 1. The Bertz CT molecular complexity index is 453. The van der Waals surface area contributed by atoms with E-state index in [4.69, 9.17) is 5.11 Å². The Morgan fingerprint density at radius 2 is 2.00 bits per heavy atom. The van der Waals surface area contributed by atoms with Gasteiger partial charge in [-0.05, 0) is 50.4 Å². The van der Waals surface area contributed by atoms with E-state index in [9.17, 15) is 9.59 Å². The zero-order valence-corrected chi connectivity index (χ0v) is 13.0. The van der Waals surface area contributed by atoms with Crippen molar-refractivity contribution in [1.29, 1.82) is 0 Å². The summed E-state index contributed by atoms with van der Waals surface area (Å²) in [5, 5.41) is 12.1. The van der Waals surface area contributed by atoms with Gasteiger partial charge in [-0.15, -0.1) is 0 Å². The predicted octanol–water partition coefficient (Wildman–Crippen LogP) is 1.79. The number of carboxylic acid groups (broad SMARTS) is 1.